The first-order valence-corrected chi connectivity index (χ1v) is 9.10. The van der Waals surface area contributed by atoms with Gasteiger partial charge in [0.2, 0.25) is 0 Å². The Balaban J connectivity index is -0.000000427. The standard InChI is InChI=1S/C11H26N4O.3C2H4O2/c1-11(16)10-15-8-6-13-4-2-12-3-5-14-7-9-15;3*1-2(3)4/h11-14,16H,2-10H2,1H3;3*1H3,(H,3,4). The van der Waals surface area contributed by atoms with Gasteiger partial charge in [0.05, 0.1) is 6.10 Å². The second kappa shape index (κ2) is 23.2. The third kappa shape index (κ3) is 49.6. The Bertz CT molecular complexity index is 343. The number of aliphatic carboxylic acids is 3. The lowest BCUT2D eigenvalue weighted by Crippen LogP contribution is -2.43. The fraction of sp³-hybridized carbons (Fsp3) is 0.824. The van der Waals surface area contributed by atoms with Crippen molar-refractivity contribution in [3.05, 3.63) is 0 Å². The number of nitrogens with one attached hydrogen (secondary N) is 3. The van der Waals surface area contributed by atoms with Gasteiger partial charge >= 0.3 is 0 Å². The highest BCUT2D eigenvalue weighted by Gasteiger charge is 2.07. The molecule has 168 valence electrons. The van der Waals surface area contributed by atoms with E-state index in [4.69, 9.17) is 29.7 Å². The molecule has 0 aromatic heterocycles. The normalized spacial score (nSPS) is 16.6. The van der Waals surface area contributed by atoms with Gasteiger partial charge in [-0.25, -0.2) is 0 Å². The molecule has 0 aromatic carbocycles. The van der Waals surface area contributed by atoms with Crippen LogP contribution in [-0.2, 0) is 14.4 Å². The zero-order chi connectivity index (χ0) is 22.4. The molecule has 1 atom stereocenters. The molecule has 1 aliphatic heterocycles. The van der Waals surface area contributed by atoms with Gasteiger partial charge in [-0.15, -0.1) is 0 Å². The van der Waals surface area contributed by atoms with Crippen LogP contribution in [0.1, 0.15) is 27.7 Å². The molecule has 1 aliphatic rings. The highest BCUT2D eigenvalue weighted by atomic mass is 16.4. The zero-order valence-corrected chi connectivity index (χ0v) is 17.4. The van der Waals surface area contributed by atoms with Crippen LogP contribution >= 0.6 is 0 Å². The lowest BCUT2D eigenvalue weighted by atomic mass is 10.3. The van der Waals surface area contributed by atoms with Gasteiger partial charge < -0.3 is 36.4 Å². The average molecular weight is 411 g/mol. The van der Waals surface area contributed by atoms with Crippen LogP contribution in [0, 0.1) is 0 Å². The SMILES string of the molecule is CC(=O)O.CC(=O)O.CC(=O)O.CC(O)CN1CCNCCNCCNCC1. The molecule has 0 radical (unpaired) electrons. The molecule has 0 spiro atoms. The van der Waals surface area contributed by atoms with Gasteiger partial charge in [0.15, 0.2) is 0 Å². The van der Waals surface area contributed by atoms with Gasteiger partial charge in [0, 0.05) is 79.7 Å². The van der Waals surface area contributed by atoms with Crippen molar-refractivity contribution >= 4 is 17.9 Å². The van der Waals surface area contributed by atoms with Crippen LogP contribution in [0.2, 0.25) is 0 Å². The third-order valence-corrected chi connectivity index (χ3v) is 2.69. The van der Waals surface area contributed by atoms with E-state index in [1.54, 1.807) is 0 Å². The predicted molar refractivity (Wildman–Crippen MR) is 107 cm³/mol. The molecule has 0 aromatic rings. The maximum absolute atomic E-state index is 9.40. The summed E-state index contributed by atoms with van der Waals surface area (Å²) in [6.45, 7) is 14.0. The van der Waals surface area contributed by atoms with Crippen molar-refractivity contribution in [3.8, 4) is 0 Å². The number of nitrogens with zero attached hydrogens (tertiary/aromatic N) is 1. The van der Waals surface area contributed by atoms with Gasteiger partial charge in [0.1, 0.15) is 0 Å². The van der Waals surface area contributed by atoms with E-state index in [0.717, 1.165) is 79.7 Å². The molecular weight excluding hydrogens is 372 g/mol. The lowest BCUT2D eigenvalue weighted by Gasteiger charge is -2.24. The van der Waals surface area contributed by atoms with Gasteiger partial charge in [-0.1, -0.05) is 0 Å². The number of β-amino-alcohol motifs (C(OH)–C–C–N with tert-alkyl or cyclic N) is 1. The minimum Gasteiger partial charge on any atom is -0.481 e. The van der Waals surface area contributed by atoms with Crippen LogP contribution in [0.15, 0.2) is 0 Å². The predicted octanol–water partition coefficient (Wildman–Crippen LogP) is -1.28. The first kappa shape index (κ1) is 30.9. The number of carboxylic acid groups (broad SMARTS) is 3. The molecule has 0 saturated carbocycles. The number of carbonyl (C=O) groups is 3. The number of hydrogen-bond donors (Lipinski definition) is 7. The van der Waals surface area contributed by atoms with Gasteiger partial charge in [-0.3, -0.25) is 19.3 Å². The van der Waals surface area contributed by atoms with E-state index in [0.29, 0.717) is 0 Å². The minimum absolute atomic E-state index is 0.241. The fourth-order valence-corrected chi connectivity index (χ4v) is 1.87. The van der Waals surface area contributed by atoms with Crippen molar-refractivity contribution in [2.24, 2.45) is 0 Å². The van der Waals surface area contributed by atoms with Crippen molar-refractivity contribution in [2.45, 2.75) is 33.8 Å². The topological polar surface area (TPSA) is 171 Å². The summed E-state index contributed by atoms with van der Waals surface area (Å²) in [5, 5.41) is 41.8. The van der Waals surface area contributed by atoms with E-state index in [1.807, 2.05) is 6.92 Å². The summed E-state index contributed by atoms with van der Waals surface area (Å²) < 4.78 is 0. The highest BCUT2D eigenvalue weighted by Crippen LogP contribution is 1.91. The molecule has 0 bridgehead atoms. The molecule has 7 N–H and O–H groups in total. The van der Waals surface area contributed by atoms with Crippen LogP contribution in [0.3, 0.4) is 0 Å². The Labute approximate surface area is 167 Å². The fourth-order valence-electron chi connectivity index (χ4n) is 1.87. The summed E-state index contributed by atoms with van der Waals surface area (Å²) in [5.74, 6) is -2.50. The molecule has 1 unspecified atom stereocenters. The van der Waals surface area contributed by atoms with Gasteiger partial charge in [0.25, 0.3) is 17.9 Å². The van der Waals surface area contributed by atoms with Gasteiger partial charge in [-0.2, -0.15) is 0 Å². The largest absolute Gasteiger partial charge is 0.481 e. The van der Waals surface area contributed by atoms with E-state index in [-0.39, 0.29) is 6.10 Å². The molecule has 11 heteroatoms. The van der Waals surface area contributed by atoms with Crippen LogP contribution in [-0.4, -0.2) is 108 Å². The first-order valence-electron chi connectivity index (χ1n) is 9.10. The first-order chi connectivity index (χ1) is 13.0. The number of carboxylic acids is 3. The van der Waals surface area contributed by atoms with Crippen LogP contribution in [0.4, 0.5) is 0 Å². The Morgan fingerprint density at radius 1 is 0.750 bits per heavy atom. The molecular formula is C17H38N4O7. The van der Waals surface area contributed by atoms with Crippen molar-refractivity contribution in [1.29, 1.82) is 0 Å². The molecule has 11 nitrogen and oxygen atoms in total. The van der Waals surface area contributed by atoms with Crippen LogP contribution in [0.25, 0.3) is 0 Å². The summed E-state index contributed by atoms with van der Waals surface area (Å²) in [6.07, 6.45) is -0.241. The molecule has 1 saturated heterocycles. The van der Waals surface area contributed by atoms with E-state index in [1.165, 1.54) is 0 Å². The summed E-state index contributed by atoms with van der Waals surface area (Å²) in [7, 11) is 0. The maximum atomic E-state index is 9.40. The Kier molecular flexibility index (Phi) is 25.7. The summed E-state index contributed by atoms with van der Waals surface area (Å²) in [5.41, 5.74) is 0. The third-order valence-electron chi connectivity index (χ3n) is 2.69. The van der Waals surface area contributed by atoms with Crippen molar-refractivity contribution in [2.75, 3.05) is 58.9 Å². The van der Waals surface area contributed by atoms with E-state index >= 15 is 0 Å². The second-order valence-electron chi connectivity index (χ2n) is 5.96. The smallest absolute Gasteiger partial charge is 0.300 e. The molecule has 1 heterocycles. The van der Waals surface area contributed by atoms with Crippen molar-refractivity contribution < 1.29 is 34.8 Å². The average Bonchev–Trinajstić information content (AvgIpc) is 2.48. The molecule has 28 heavy (non-hydrogen) atoms. The van der Waals surface area contributed by atoms with Crippen LogP contribution in [0.5, 0.6) is 0 Å². The van der Waals surface area contributed by atoms with E-state index in [2.05, 4.69) is 20.9 Å². The minimum atomic E-state index is -0.833. The second-order valence-corrected chi connectivity index (χ2v) is 5.96. The maximum Gasteiger partial charge on any atom is 0.300 e. The van der Waals surface area contributed by atoms with E-state index in [9.17, 15) is 5.11 Å². The molecule has 1 fully saturated rings. The number of rotatable bonds is 2. The molecule has 0 amide bonds. The monoisotopic (exact) mass is 410 g/mol. The Morgan fingerprint density at radius 2 is 1.00 bits per heavy atom. The lowest BCUT2D eigenvalue weighted by molar-refractivity contribution is -0.135. The molecule has 0 aliphatic carbocycles. The van der Waals surface area contributed by atoms with Crippen LogP contribution < -0.4 is 16.0 Å². The molecule has 1 rings (SSSR count). The number of hydrogen-bond acceptors (Lipinski definition) is 8. The Morgan fingerprint density at radius 3 is 1.25 bits per heavy atom. The van der Waals surface area contributed by atoms with E-state index < -0.39 is 17.9 Å². The summed E-state index contributed by atoms with van der Waals surface area (Å²) in [4.78, 5) is 29.3. The van der Waals surface area contributed by atoms with Crippen molar-refractivity contribution in [1.82, 2.24) is 20.9 Å². The van der Waals surface area contributed by atoms with Crippen molar-refractivity contribution in [3.63, 3.8) is 0 Å². The summed E-state index contributed by atoms with van der Waals surface area (Å²) >= 11 is 0. The quantitative estimate of drug-likeness (QED) is 0.289. The highest BCUT2D eigenvalue weighted by molar-refractivity contribution is 5.63. The summed E-state index contributed by atoms with van der Waals surface area (Å²) in [6, 6.07) is 0. The number of aliphatic hydroxyl groups is 1. The zero-order valence-electron chi connectivity index (χ0n) is 17.4. The Hall–Kier alpha value is -1.79. The number of aliphatic hydroxyl groups excluding tert-OH is 1. The van der Waals surface area contributed by atoms with Gasteiger partial charge in [-0.05, 0) is 6.92 Å².